The fourth-order valence-electron chi connectivity index (χ4n) is 1.90. The van der Waals surface area contributed by atoms with E-state index in [1.54, 1.807) is 24.3 Å². The van der Waals surface area contributed by atoms with Crippen molar-refractivity contribution >= 4 is 11.4 Å². The van der Waals surface area contributed by atoms with Crippen molar-refractivity contribution in [1.29, 1.82) is 5.26 Å². The lowest BCUT2D eigenvalue weighted by Crippen LogP contribution is -2.12. The summed E-state index contributed by atoms with van der Waals surface area (Å²) in [5.74, 6) is 0. The zero-order valence-electron chi connectivity index (χ0n) is 11.3. The summed E-state index contributed by atoms with van der Waals surface area (Å²) in [6, 6.07) is 14.8. The van der Waals surface area contributed by atoms with Crippen LogP contribution in [0.1, 0.15) is 22.8 Å². The molecule has 2 rings (SSSR count). The van der Waals surface area contributed by atoms with Crippen LogP contribution in [-0.2, 0) is 0 Å². The van der Waals surface area contributed by atoms with E-state index in [4.69, 9.17) is 11.0 Å². The summed E-state index contributed by atoms with van der Waals surface area (Å²) in [6.07, 6.45) is -0.649. The van der Waals surface area contributed by atoms with Gasteiger partial charge in [0.2, 0.25) is 0 Å². The Morgan fingerprint density at radius 2 is 2.10 bits per heavy atom. The molecular formula is C16H17N3O. The predicted molar refractivity (Wildman–Crippen MR) is 80.2 cm³/mol. The number of anilines is 2. The van der Waals surface area contributed by atoms with Crippen LogP contribution in [0, 0.1) is 18.3 Å². The number of rotatable bonds is 4. The standard InChI is InChI=1S/C16H17N3O/c1-11-5-6-13(8-15(11)18)16(20)10-19-14-4-2-3-12(7-14)9-17/h2-8,16,19-20H,10,18H2,1H3. The molecule has 4 heteroatoms. The van der Waals surface area contributed by atoms with E-state index in [1.807, 2.05) is 25.1 Å². The number of aliphatic hydroxyl groups excluding tert-OH is 1. The molecule has 0 saturated carbocycles. The molecule has 0 saturated heterocycles. The van der Waals surface area contributed by atoms with Crippen LogP contribution in [0.5, 0.6) is 0 Å². The molecule has 0 aliphatic carbocycles. The minimum Gasteiger partial charge on any atom is -0.399 e. The second kappa shape index (κ2) is 6.09. The average molecular weight is 267 g/mol. The minimum atomic E-state index is -0.649. The largest absolute Gasteiger partial charge is 0.399 e. The summed E-state index contributed by atoms with van der Waals surface area (Å²) in [5, 5.41) is 22.1. The zero-order chi connectivity index (χ0) is 14.5. The van der Waals surface area contributed by atoms with E-state index >= 15 is 0 Å². The number of hydrogen-bond donors (Lipinski definition) is 3. The van der Waals surface area contributed by atoms with Crippen molar-refractivity contribution in [3.8, 4) is 6.07 Å². The highest BCUT2D eigenvalue weighted by atomic mass is 16.3. The number of aliphatic hydroxyl groups is 1. The van der Waals surface area contributed by atoms with Gasteiger partial charge in [0.15, 0.2) is 0 Å². The van der Waals surface area contributed by atoms with Gasteiger partial charge in [-0.1, -0.05) is 18.2 Å². The van der Waals surface area contributed by atoms with Crippen molar-refractivity contribution in [3.63, 3.8) is 0 Å². The first-order chi connectivity index (χ1) is 9.60. The summed E-state index contributed by atoms with van der Waals surface area (Å²) in [7, 11) is 0. The van der Waals surface area contributed by atoms with Gasteiger partial charge in [0.25, 0.3) is 0 Å². The molecule has 102 valence electrons. The lowest BCUT2D eigenvalue weighted by Gasteiger charge is -2.14. The maximum Gasteiger partial charge on any atom is 0.0992 e. The van der Waals surface area contributed by atoms with Gasteiger partial charge in [-0.3, -0.25) is 0 Å². The molecule has 0 radical (unpaired) electrons. The third-order valence-corrected chi connectivity index (χ3v) is 3.18. The van der Waals surface area contributed by atoms with Crippen LogP contribution in [0.4, 0.5) is 11.4 Å². The number of nitriles is 1. The van der Waals surface area contributed by atoms with E-state index in [1.165, 1.54) is 0 Å². The molecule has 1 atom stereocenters. The van der Waals surface area contributed by atoms with Crippen molar-refractivity contribution in [3.05, 3.63) is 59.2 Å². The Kier molecular flexibility index (Phi) is 4.24. The number of nitrogen functional groups attached to an aromatic ring is 1. The van der Waals surface area contributed by atoms with Gasteiger partial charge < -0.3 is 16.2 Å². The van der Waals surface area contributed by atoms with Crippen LogP contribution in [0.2, 0.25) is 0 Å². The summed E-state index contributed by atoms with van der Waals surface area (Å²) < 4.78 is 0. The zero-order valence-corrected chi connectivity index (χ0v) is 11.3. The lowest BCUT2D eigenvalue weighted by atomic mass is 10.1. The van der Waals surface area contributed by atoms with Gasteiger partial charge in [0.05, 0.1) is 17.7 Å². The van der Waals surface area contributed by atoms with Crippen LogP contribution < -0.4 is 11.1 Å². The van der Waals surface area contributed by atoms with E-state index in [0.29, 0.717) is 17.8 Å². The Hall–Kier alpha value is -2.51. The fourth-order valence-corrected chi connectivity index (χ4v) is 1.90. The average Bonchev–Trinajstić information content (AvgIpc) is 2.47. The van der Waals surface area contributed by atoms with Gasteiger partial charge in [-0.05, 0) is 42.3 Å². The Balaban J connectivity index is 2.02. The summed E-state index contributed by atoms with van der Waals surface area (Å²) >= 11 is 0. The highest BCUT2D eigenvalue weighted by molar-refractivity contribution is 5.51. The molecule has 1 unspecified atom stereocenters. The Morgan fingerprint density at radius 3 is 2.80 bits per heavy atom. The first-order valence-electron chi connectivity index (χ1n) is 6.38. The number of aryl methyl sites for hydroxylation is 1. The predicted octanol–water partition coefficient (Wildman–Crippen LogP) is 2.59. The first-order valence-corrected chi connectivity index (χ1v) is 6.38. The van der Waals surface area contributed by atoms with Gasteiger partial charge in [-0.2, -0.15) is 5.26 Å². The minimum absolute atomic E-state index is 0.359. The van der Waals surface area contributed by atoms with Gasteiger partial charge >= 0.3 is 0 Å². The van der Waals surface area contributed by atoms with Crippen LogP contribution in [0.25, 0.3) is 0 Å². The molecule has 2 aromatic carbocycles. The van der Waals surface area contributed by atoms with Crippen molar-refractivity contribution in [1.82, 2.24) is 0 Å². The molecular weight excluding hydrogens is 250 g/mol. The third kappa shape index (κ3) is 3.28. The summed E-state index contributed by atoms with van der Waals surface area (Å²) in [6.45, 7) is 2.29. The number of hydrogen-bond acceptors (Lipinski definition) is 4. The maximum atomic E-state index is 10.1. The first kappa shape index (κ1) is 13.9. The molecule has 4 N–H and O–H groups in total. The Morgan fingerprint density at radius 1 is 1.30 bits per heavy atom. The monoisotopic (exact) mass is 267 g/mol. The van der Waals surface area contributed by atoms with Gasteiger partial charge in [-0.15, -0.1) is 0 Å². The highest BCUT2D eigenvalue weighted by Gasteiger charge is 2.08. The third-order valence-electron chi connectivity index (χ3n) is 3.18. The van der Waals surface area contributed by atoms with Gasteiger partial charge in [0, 0.05) is 17.9 Å². The van der Waals surface area contributed by atoms with Crippen LogP contribution in [-0.4, -0.2) is 11.7 Å². The highest BCUT2D eigenvalue weighted by Crippen LogP contribution is 2.20. The second-order valence-electron chi connectivity index (χ2n) is 4.71. The van der Waals surface area contributed by atoms with Crippen LogP contribution in [0.3, 0.4) is 0 Å². The molecule has 0 fully saturated rings. The molecule has 0 spiro atoms. The smallest absolute Gasteiger partial charge is 0.0992 e. The van der Waals surface area contributed by atoms with E-state index in [2.05, 4.69) is 11.4 Å². The lowest BCUT2D eigenvalue weighted by molar-refractivity contribution is 0.191. The Bertz CT molecular complexity index is 646. The molecule has 0 aliphatic heterocycles. The van der Waals surface area contributed by atoms with E-state index < -0.39 is 6.10 Å². The quantitative estimate of drug-likeness (QED) is 0.744. The summed E-state index contributed by atoms with van der Waals surface area (Å²) in [4.78, 5) is 0. The van der Waals surface area contributed by atoms with E-state index in [9.17, 15) is 5.11 Å². The molecule has 20 heavy (non-hydrogen) atoms. The van der Waals surface area contributed by atoms with Gasteiger partial charge in [0.1, 0.15) is 0 Å². The maximum absolute atomic E-state index is 10.1. The molecule has 0 aromatic heterocycles. The molecule has 4 nitrogen and oxygen atoms in total. The number of nitrogens with two attached hydrogens (primary N) is 1. The molecule has 2 aromatic rings. The SMILES string of the molecule is Cc1ccc(C(O)CNc2cccc(C#N)c2)cc1N. The second-order valence-corrected chi connectivity index (χ2v) is 4.71. The van der Waals surface area contributed by atoms with E-state index in [-0.39, 0.29) is 0 Å². The van der Waals surface area contributed by atoms with Crippen molar-refractivity contribution in [2.24, 2.45) is 0 Å². The Labute approximate surface area is 118 Å². The number of benzene rings is 2. The molecule has 0 aliphatic rings. The van der Waals surface area contributed by atoms with Crippen molar-refractivity contribution in [2.45, 2.75) is 13.0 Å². The van der Waals surface area contributed by atoms with Gasteiger partial charge in [-0.25, -0.2) is 0 Å². The summed E-state index contributed by atoms with van der Waals surface area (Å²) in [5.41, 5.74) is 9.68. The molecule has 0 bridgehead atoms. The number of nitrogens with zero attached hydrogens (tertiary/aromatic N) is 1. The number of nitrogens with one attached hydrogen (secondary N) is 1. The normalized spacial score (nSPS) is 11.7. The molecule has 0 amide bonds. The van der Waals surface area contributed by atoms with Crippen molar-refractivity contribution in [2.75, 3.05) is 17.6 Å². The topological polar surface area (TPSA) is 82.1 Å². The fraction of sp³-hybridized carbons (Fsp3) is 0.188. The molecule has 0 heterocycles. The van der Waals surface area contributed by atoms with Crippen LogP contribution in [0.15, 0.2) is 42.5 Å². The van der Waals surface area contributed by atoms with Crippen LogP contribution >= 0.6 is 0 Å². The van der Waals surface area contributed by atoms with E-state index in [0.717, 1.165) is 16.8 Å². The van der Waals surface area contributed by atoms with Crippen molar-refractivity contribution < 1.29 is 5.11 Å².